The van der Waals surface area contributed by atoms with Gasteiger partial charge in [-0.15, -0.1) is 0 Å². The first-order valence-corrected chi connectivity index (χ1v) is 13.4. The second-order valence-electron chi connectivity index (χ2n) is 9.13. The van der Waals surface area contributed by atoms with Crippen LogP contribution in [0.1, 0.15) is 130 Å². The molecule has 176 valence electrons. The van der Waals surface area contributed by atoms with Crippen LogP contribution in [-0.4, -0.2) is 29.8 Å². The Kier molecular flexibility index (Phi) is 16.4. The van der Waals surface area contributed by atoms with Crippen molar-refractivity contribution in [1.82, 2.24) is 0 Å². The number of aliphatic hydroxyl groups is 1. The maximum Gasteiger partial charge on any atom is 0.397 e. The summed E-state index contributed by atoms with van der Waals surface area (Å²) in [5.74, 6) is 0.840. The van der Waals surface area contributed by atoms with Gasteiger partial charge in [0.2, 0.25) is 0 Å². The minimum atomic E-state index is -4.57. The van der Waals surface area contributed by atoms with Crippen LogP contribution < -0.4 is 0 Å². The lowest BCUT2D eigenvalue weighted by Crippen LogP contribution is -2.44. The van der Waals surface area contributed by atoms with Crippen molar-refractivity contribution in [2.45, 2.75) is 142 Å². The van der Waals surface area contributed by atoms with E-state index < -0.39 is 22.1 Å². The molecular weight excluding hydrogens is 388 g/mol. The lowest BCUT2D eigenvalue weighted by Gasteiger charge is -2.33. The van der Waals surface area contributed by atoms with E-state index >= 15 is 0 Å². The molecule has 0 saturated carbocycles. The highest BCUT2D eigenvalue weighted by Gasteiger charge is 2.38. The van der Waals surface area contributed by atoms with E-state index in [0.29, 0.717) is 12.8 Å². The van der Waals surface area contributed by atoms with Gasteiger partial charge in [0.25, 0.3) is 0 Å². The molecule has 0 aliphatic rings. The average Bonchev–Trinajstić information content (AvgIpc) is 2.62. The fourth-order valence-electron chi connectivity index (χ4n) is 3.98. The number of hydrogen-bond donors (Lipinski definition) is 2. The summed E-state index contributed by atoms with van der Waals surface area (Å²) in [6.07, 6.45) is 17.4. The van der Waals surface area contributed by atoms with Crippen LogP contribution in [0.3, 0.4) is 0 Å². The van der Waals surface area contributed by atoms with Crippen LogP contribution in [0.5, 0.6) is 0 Å². The second-order valence-corrected chi connectivity index (χ2v) is 10.2. The van der Waals surface area contributed by atoms with Gasteiger partial charge in [-0.2, -0.15) is 8.42 Å². The molecule has 0 aliphatic heterocycles. The third kappa shape index (κ3) is 16.2. The number of unbranched alkanes of at least 4 members (excludes halogenated alkanes) is 12. The summed E-state index contributed by atoms with van der Waals surface area (Å²) in [7, 11) is -4.57. The fourth-order valence-corrected chi connectivity index (χ4v) is 4.74. The first-order chi connectivity index (χ1) is 13.6. The Hall–Kier alpha value is -0.170. The Morgan fingerprint density at radius 3 is 1.45 bits per heavy atom. The molecule has 0 fully saturated rings. The summed E-state index contributed by atoms with van der Waals surface area (Å²) in [6, 6.07) is 0. The summed E-state index contributed by atoms with van der Waals surface area (Å²) >= 11 is 0. The quantitative estimate of drug-likeness (QED) is 0.161. The molecule has 0 aromatic heterocycles. The van der Waals surface area contributed by atoms with E-state index in [0.717, 1.165) is 25.2 Å². The molecule has 0 aromatic rings. The standard InChI is InChI=1S/C23H48O5S/c1-5-23(22(4)24,28-29(25,26)27)20-18-16-14-12-10-8-6-7-9-11-13-15-17-19-21(2)3/h21-22,24H,5-20H2,1-4H3,(H,25,26,27). The smallest absolute Gasteiger partial charge is 0.390 e. The van der Waals surface area contributed by atoms with E-state index in [1.807, 2.05) is 0 Å². The van der Waals surface area contributed by atoms with Crippen molar-refractivity contribution in [2.75, 3.05) is 0 Å². The van der Waals surface area contributed by atoms with E-state index in [-0.39, 0.29) is 0 Å². The molecule has 0 bridgehead atoms. The van der Waals surface area contributed by atoms with Gasteiger partial charge >= 0.3 is 10.4 Å². The minimum Gasteiger partial charge on any atom is -0.390 e. The van der Waals surface area contributed by atoms with Crippen LogP contribution >= 0.6 is 0 Å². The lowest BCUT2D eigenvalue weighted by molar-refractivity contribution is -0.0568. The van der Waals surface area contributed by atoms with Crippen molar-refractivity contribution in [3.8, 4) is 0 Å². The summed E-state index contributed by atoms with van der Waals surface area (Å²) in [5, 5.41) is 9.95. The molecule has 0 aliphatic carbocycles. The number of aliphatic hydroxyl groups excluding tert-OH is 1. The molecule has 0 radical (unpaired) electrons. The Labute approximate surface area is 181 Å². The van der Waals surface area contributed by atoms with Crippen LogP contribution in [0.25, 0.3) is 0 Å². The molecule has 0 spiro atoms. The number of hydrogen-bond acceptors (Lipinski definition) is 4. The molecule has 2 unspecified atom stereocenters. The normalized spacial score (nSPS) is 15.6. The van der Waals surface area contributed by atoms with Gasteiger partial charge in [0.05, 0.1) is 6.10 Å². The van der Waals surface area contributed by atoms with E-state index in [9.17, 15) is 13.5 Å². The van der Waals surface area contributed by atoms with Crippen LogP contribution in [0, 0.1) is 5.92 Å². The summed E-state index contributed by atoms with van der Waals surface area (Å²) < 4.78 is 36.1. The van der Waals surface area contributed by atoms with Gasteiger partial charge in [0, 0.05) is 0 Å². The predicted octanol–water partition coefficient (Wildman–Crippen LogP) is 6.84. The van der Waals surface area contributed by atoms with Gasteiger partial charge in [0.1, 0.15) is 5.60 Å². The Morgan fingerprint density at radius 1 is 0.759 bits per heavy atom. The van der Waals surface area contributed by atoms with Crippen molar-refractivity contribution in [1.29, 1.82) is 0 Å². The molecule has 6 heteroatoms. The Morgan fingerprint density at radius 2 is 1.14 bits per heavy atom. The fraction of sp³-hybridized carbons (Fsp3) is 1.00. The summed E-state index contributed by atoms with van der Waals surface area (Å²) in [4.78, 5) is 0. The highest BCUT2D eigenvalue weighted by molar-refractivity contribution is 7.80. The molecule has 0 rings (SSSR count). The van der Waals surface area contributed by atoms with Crippen LogP contribution in [0.4, 0.5) is 0 Å². The molecule has 0 heterocycles. The maximum atomic E-state index is 11.1. The molecule has 0 saturated heterocycles. The number of rotatable bonds is 20. The summed E-state index contributed by atoms with van der Waals surface area (Å²) in [6.45, 7) is 7.88. The van der Waals surface area contributed by atoms with Crippen molar-refractivity contribution in [3.05, 3.63) is 0 Å². The van der Waals surface area contributed by atoms with E-state index in [4.69, 9.17) is 8.74 Å². The van der Waals surface area contributed by atoms with Gasteiger partial charge in [-0.1, -0.05) is 111 Å². The van der Waals surface area contributed by atoms with E-state index in [1.54, 1.807) is 6.92 Å². The highest BCUT2D eigenvalue weighted by atomic mass is 32.3. The highest BCUT2D eigenvalue weighted by Crippen LogP contribution is 2.29. The van der Waals surface area contributed by atoms with Crippen LogP contribution in [0.2, 0.25) is 0 Å². The van der Waals surface area contributed by atoms with Gasteiger partial charge in [-0.3, -0.25) is 4.55 Å². The largest absolute Gasteiger partial charge is 0.397 e. The molecule has 0 amide bonds. The SMILES string of the molecule is CCC(CCCCCCCCCCCCCCCC(C)C)(OS(=O)(=O)O)C(C)O. The maximum absolute atomic E-state index is 11.1. The first-order valence-electron chi connectivity index (χ1n) is 12.0. The topological polar surface area (TPSA) is 83.8 Å². The van der Waals surface area contributed by atoms with Crippen molar-refractivity contribution >= 4 is 10.4 Å². The summed E-state index contributed by atoms with van der Waals surface area (Å²) in [5.41, 5.74) is -1.22. The van der Waals surface area contributed by atoms with E-state index in [2.05, 4.69) is 13.8 Å². The van der Waals surface area contributed by atoms with Crippen LogP contribution in [-0.2, 0) is 14.6 Å². The zero-order valence-corrected chi connectivity index (χ0v) is 20.3. The molecule has 2 atom stereocenters. The molecule has 0 aromatic carbocycles. The second kappa shape index (κ2) is 16.5. The first kappa shape index (κ1) is 28.8. The molecular formula is C23H48O5S. The van der Waals surface area contributed by atoms with Crippen LogP contribution in [0.15, 0.2) is 0 Å². The van der Waals surface area contributed by atoms with Crippen molar-refractivity contribution < 1.29 is 22.3 Å². The molecule has 29 heavy (non-hydrogen) atoms. The van der Waals surface area contributed by atoms with E-state index in [1.165, 1.54) is 77.6 Å². The third-order valence-electron chi connectivity index (χ3n) is 6.01. The minimum absolute atomic E-state index is 0.335. The zero-order chi connectivity index (χ0) is 22.2. The van der Waals surface area contributed by atoms with Crippen molar-refractivity contribution in [2.24, 2.45) is 5.92 Å². The average molecular weight is 437 g/mol. The molecule has 2 N–H and O–H groups in total. The third-order valence-corrected chi connectivity index (χ3v) is 6.56. The van der Waals surface area contributed by atoms with Gasteiger partial charge < -0.3 is 5.11 Å². The Balaban J connectivity index is 3.64. The zero-order valence-electron chi connectivity index (χ0n) is 19.5. The Bertz CT molecular complexity index is 476. The predicted molar refractivity (Wildman–Crippen MR) is 121 cm³/mol. The van der Waals surface area contributed by atoms with Gasteiger partial charge in [-0.25, -0.2) is 4.18 Å². The lowest BCUT2D eigenvalue weighted by atomic mass is 9.88. The van der Waals surface area contributed by atoms with Gasteiger partial charge in [0.15, 0.2) is 0 Å². The molecule has 5 nitrogen and oxygen atoms in total. The van der Waals surface area contributed by atoms with Crippen molar-refractivity contribution in [3.63, 3.8) is 0 Å². The monoisotopic (exact) mass is 436 g/mol. The van der Waals surface area contributed by atoms with Gasteiger partial charge in [-0.05, 0) is 25.7 Å².